The lowest BCUT2D eigenvalue weighted by Gasteiger charge is -2.15. The van der Waals surface area contributed by atoms with Gasteiger partial charge in [-0.1, -0.05) is 24.3 Å². The van der Waals surface area contributed by atoms with Crippen molar-refractivity contribution in [3.63, 3.8) is 0 Å². The second kappa shape index (κ2) is 8.95. The monoisotopic (exact) mass is 464 g/mol. The average molecular weight is 465 g/mol. The smallest absolute Gasteiger partial charge is 0.226 e. The van der Waals surface area contributed by atoms with Gasteiger partial charge >= 0.3 is 0 Å². The third-order valence-electron chi connectivity index (χ3n) is 5.80. The maximum Gasteiger partial charge on any atom is 0.226 e. The summed E-state index contributed by atoms with van der Waals surface area (Å²) in [7, 11) is 3.44. The molecule has 3 aromatic heterocycles. The molecule has 0 atom stereocenters. The molecular weight excluding hydrogens is 440 g/mol. The molecule has 174 valence electrons. The molecule has 5 aromatic rings. The van der Waals surface area contributed by atoms with Gasteiger partial charge in [-0.15, -0.1) is 4.99 Å². The summed E-state index contributed by atoms with van der Waals surface area (Å²) in [6.45, 7) is 4.03. The van der Waals surface area contributed by atoms with Gasteiger partial charge in [0.1, 0.15) is 5.75 Å². The summed E-state index contributed by atoms with van der Waals surface area (Å²) in [6, 6.07) is 17.8. The number of nitriles is 1. The summed E-state index contributed by atoms with van der Waals surface area (Å²) in [6.07, 6.45) is 5.49. The van der Waals surface area contributed by atoms with E-state index in [4.69, 9.17) is 9.47 Å². The van der Waals surface area contributed by atoms with Crippen LogP contribution >= 0.6 is 0 Å². The van der Waals surface area contributed by atoms with Crippen LogP contribution in [-0.2, 0) is 7.05 Å². The first kappa shape index (κ1) is 22.2. The zero-order chi connectivity index (χ0) is 24.5. The lowest BCUT2D eigenvalue weighted by molar-refractivity contribution is 0.243. The van der Waals surface area contributed by atoms with E-state index in [2.05, 4.69) is 27.1 Å². The van der Waals surface area contributed by atoms with Crippen LogP contribution in [0.4, 0.5) is 0 Å². The number of methoxy groups -OCH3 is 1. The highest BCUT2D eigenvalue weighted by atomic mass is 16.5. The first-order valence-corrected chi connectivity index (χ1v) is 11.2. The molecule has 3 heterocycles. The van der Waals surface area contributed by atoms with Gasteiger partial charge in [0.15, 0.2) is 0 Å². The maximum absolute atomic E-state index is 9.42. The van der Waals surface area contributed by atoms with Crippen LogP contribution in [0, 0.1) is 11.5 Å². The van der Waals surface area contributed by atoms with E-state index in [1.807, 2.05) is 72.6 Å². The molecule has 5 rings (SSSR count). The highest BCUT2D eigenvalue weighted by molar-refractivity contribution is 6.04. The fourth-order valence-corrected chi connectivity index (χ4v) is 4.28. The molecule has 0 bridgehead atoms. The molecule has 0 aliphatic carbocycles. The van der Waals surface area contributed by atoms with Crippen LogP contribution in [0.2, 0.25) is 0 Å². The molecule has 8 nitrogen and oxygen atoms in total. The number of hydrogen-bond acceptors (Lipinski definition) is 6. The summed E-state index contributed by atoms with van der Waals surface area (Å²) < 4.78 is 15.1. The second-order valence-electron chi connectivity index (χ2n) is 8.35. The van der Waals surface area contributed by atoms with Crippen LogP contribution in [0.25, 0.3) is 38.8 Å². The predicted molar refractivity (Wildman–Crippen MR) is 134 cm³/mol. The lowest BCUT2D eigenvalue weighted by atomic mass is 10.0. The topological polar surface area (TPSA) is 90.2 Å². The van der Waals surface area contributed by atoms with Crippen molar-refractivity contribution >= 4 is 21.9 Å². The zero-order valence-corrected chi connectivity index (χ0v) is 19.9. The van der Waals surface area contributed by atoms with E-state index in [0.717, 1.165) is 44.5 Å². The summed E-state index contributed by atoms with van der Waals surface area (Å²) in [5.41, 5.74) is 5.77. The molecule has 35 heavy (non-hydrogen) atoms. The Kier molecular flexibility index (Phi) is 5.67. The Morgan fingerprint density at radius 2 is 1.86 bits per heavy atom. The van der Waals surface area contributed by atoms with Gasteiger partial charge in [0.25, 0.3) is 0 Å². The minimum Gasteiger partial charge on any atom is -0.490 e. The summed E-state index contributed by atoms with van der Waals surface area (Å²) >= 11 is 0. The quantitative estimate of drug-likeness (QED) is 0.350. The molecule has 0 amide bonds. The van der Waals surface area contributed by atoms with E-state index in [0.29, 0.717) is 11.5 Å². The number of aromatic nitrogens is 4. The number of hydrogen-bond donors (Lipinski definition) is 0. The number of pyridine rings is 2. The molecule has 0 saturated heterocycles. The minimum absolute atomic E-state index is 0.0546. The molecule has 0 radical (unpaired) electrons. The Morgan fingerprint density at radius 1 is 1.03 bits per heavy atom. The van der Waals surface area contributed by atoms with Crippen molar-refractivity contribution < 1.29 is 9.47 Å². The van der Waals surface area contributed by atoms with Gasteiger partial charge in [0, 0.05) is 24.1 Å². The number of ether oxygens (including phenoxy) is 2. The number of fused-ring (bicyclic) bond motifs is 3. The standard InChI is InChI=1S/C27H24N6O2/c1-17(2)35-24-8-6-5-7-20(24)18-9-11-22-21(13-18)26-23(15-29-22)32(3)27(31-16-28)33(26)19-10-12-25(34-4)30-14-19/h5-15,17H,1-4H3/b31-27-. The average Bonchev–Trinajstić information content (AvgIpc) is 3.16. The van der Waals surface area contributed by atoms with Crippen LogP contribution in [0.5, 0.6) is 11.6 Å². The summed E-state index contributed by atoms with van der Waals surface area (Å²) in [5.74, 6) is 1.33. The van der Waals surface area contributed by atoms with E-state index in [-0.39, 0.29) is 6.10 Å². The minimum atomic E-state index is 0.0546. The molecule has 0 aliphatic heterocycles. The largest absolute Gasteiger partial charge is 0.490 e. The van der Waals surface area contributed by atoms with Crippen LogP contribution in [-0.4, -0.2) is 32.3 Å². The molecule has 0 aliphatic rings. The lowest BCUT2D eigenvalue weighted by Crippen LogP contribution is -2.22. The van der Waals surface area contributed by atoms with Crippen molar-refractivity contribution in [2.45, 2.75) is 20.0 Å². The predicted octanol–water partition coefficient (Wildman–Crippen LogP) is 4.76. The first-order valence-electron chi connectivity index (χ1n) is 11.2. The van der Waals surface area contributed by atoms with Gasteiger partial charge in [-0.05, 0) is 43.7 Å². The van der Waals surface area contributed by atoms with Crippen LogP contribution in [0.3, 0.4) is 0 Å². The van der Waals surface area contributed by atoms with Crippen LogP contribution in [0.1, 0.15) is 13.8 Å². The fourth-order valence-electron chi connectivity index (χ4n) is 4.28. The van der Waals surface area contributed by atoms with Crippen LogP contribution < -0.4 is 15.1 Å². The number of nitrogens with zero attached hydrogens (tertiary/aromatic N) is 6. The van der Waals surface area contributed by atoms with Crippen molar-refractivity contribution in [3.05, 3.63) is 72.6 Å². The Morgan fingerprint density at radius 3 is 2.57 bits per heavy atom. The SMILES string of the molecule is COc1ccc(-n2/c(=N\C#N)n(C)c3cnc4ccc(-c5ccccc5OC(C)C)cc4c32)cn1. The van der Waals surface area contributed by atoms with Crippen molar-refractivity contribution in [2.75, 3.05) is 7.11 Å². The van der Waals surface area contributed by atoms with Gasteiger partial charge in [-0.2, -0.15) is 5.26 Å². The van der Waals surface area contributed by atoms with Gasteiger partial charge in [0.2, 0.25) is 17.7 Å². The Labute approximate surface area is 202 Å². The summed E-state index contributed by atoms with van der Waals surface area (Å²) in [4.78, 5) is 13.2. The van der Waals surface area contributed by atoms with E-state index < -0.39 is 0 Å². The van der Waals surface area contributed by atoms with Crippen molar-refractivity contribution in [1.82, 2.24) is 19.1 Å². The van der Waals surface area contributed by atoms with Gasteiger partial charge in [-0.3, -0.25) is 9.55 Å². The molecule has 0 unspecified atom stereocenters. The zero-order valence-electron chi connectivity index (χ0n) is 19.9. The molecular formula is C27H24N6O2. The van der Waals surface area contributed by atoms with Crippen LogP contribution in [0.15, 0.2) is 72.0 Å². The van der Waals surface area contributed by atoms with Gasteiger partial charge in [0.05, 0.1) is 47.8 Å². The number of rotatable bonds is 5. The molecule has 8 heteroatoms. The molecule has 2 aromatic carbocycles. The Balaban J connectivity index is 1.85. The second-order valence-corrected chi connectivity index (χ2v) is 8.35. The molecule has 0 saturated carbocycles. The third kappa shape index (κ3) is 3.87. The highest BCUT2D eigenvalue weighted by Gasteiger charge is 2.17. The number of aryl methyl sites for hydroxylation is 1. The number of para-hydroxylation sites is 1. The highest BCUT2D eigenvalue weighted by Crippen LogP contribution is 2.34. The first-order chi connectivity index (χ1) is 17.0. The molecule has 0 spiro atoms. The molecule has 0 fully saturated rings. The molecule has 0 N–H and O–H groups in total. The number of benzene rings is 2. The fraction of sp³-hybridized carbons (Fsp3) is 0.185. The van der Waals surface area contributed by atoms with Gasteiger partial charge in [-0.25, -0.2) is 4.98 Å². The Bertz CT molecular complexity index is 1660. The normalized spacial score (nSPS) is 11.8. The summed E-state index contributed by atoms with van der Waals surface area (Å²) in [5, 5.41) is 10.3. The van der Waals surface area contributed by atoms with Gasteiger partial charge < -0.3 is 14.0 Å². The Hall–Kier alpha value is -4.64. The third-order valence-corrected chi connectivity index (χ3v) is 5.80. The van der Waals surface area contributed by atoms with E-state index in [1.165, 1.54) is 0 Å². The van der Waals surface area contributed by atoms with Crippen molar-refractivity contribution in [3.8, 4) is 34.6 Å². The van der Waals surface area contributed by atoms with E-state index in [1.54, 1.807) is 25.6 Å². The van der Waals surface area contributed by atoms with E-state index >= 15 is 0 Å². The van der Waals surface area contributed by atoms with E-state index in [9.17, 15) is 5.26 Å². The number of imidazole rings is 1. The maximum atomic E-state index is 9.42. The van der Waals surface area contributed by atoms with Crippen molar-refractivity contribution in [1.29, 1.82) is 5.26 Å². The van der Waals surface area contributed by atoms with Crippen molar-refractivity contribution in [2.24, 2.45) is 12.0 Å².